The zero-order valence-electron chi connectivity index (χ0n) is 13.6. The zero-order chi connectivity index (χ0) is 18.2. The summed E-state index contributed by atoms with van der Waals surface area (Å²) in [5, 5.41) is 6.31. The molecule has 0 radical (unpaired) electrons. The molecule has 2 rings (SSSR count). The molecule has 2 aromatic carbocycles. The van der Waals surface area contributed by atoms with E-state index in [1.54, 1.807) is 49.6 Å². The molecule has 0 aliphatic heterocycles. The highest BCUT2D eigenvalue weighted by atomic mass is 35.5. The van der Waals surface area contributed by atoms with Crippen LogP contribution in [0.3, 0.4) is 0 Å². The first-order chi connectivity index (χ1) is 12.0. The van der Waals surface area contributed by atoms with Crippen LogP contribution in [0.2, 0.25) is 10.0 Å². The van der Waals surface area contributed by atoms with E-state index in [2.05, 4.69) is 10.6 Å². The highest BCUT2D eigenvalue weighted by molar-refractivity contribution is 6.36. The lowest BCUT2D eigenvalue weighted by Gasteiger charge is -2.12. The van der Waals surface area contributed by atoms with E-state index in [-0.39, 0.29) is 18.2 Å². The summed E-state index contributed by atoms with van der Waals surface area (Å²) < 4.78 is 4.90. The number of carbonyl (C=O) groups excluding carboxylic acids is 2. The Morgan fingerprint density at radius 1 is 1.04 bits per heavy atom. The molecule has 0 unspecified atom stereocenters. The van der Waals surface area contributed by atoms with Crippen LogP contribution in [-0.4, -0.2) is 32.1 Å². The maximum absolute atomic E-state index is 12.3. The monoisotopic (exact) mass is 380 g/mol. The van der Waals surface area contributed by atoms with Gasteiger partial charge in [0.15, 0.2) is 0 Å². The number of hydrogen-bond acceptors (Lipinski definition) is 3. The Morgan fingerprint density at radius 2 is 1.72 bits per heavy atom. The van der Waals surface area contributed by atoms with Gasteiger partial charge in [-0.15, -0.1) is 0 Å². The van der Waals surface area contributed by atoms with E-state index >= 15 is 0 Å². The van der Waals surface area contributed by atoms with Crippen LogP contribution >= 0.6 is 23.2 Å². The van der Waals surface area contributed by atoms with Gasteiger partial charge in [-0.2, -0.15) is 0 Å². The standard InChI is InChI=1S/C18H18Cl2N2O3/c1-25-10-9-21-18(24)12-5-2-3-8-16(12)22-17(23)11-13-14(19)6-4-7-15(13)20/h2-8H,9-11H2,1H3,(H,21,24)(H,22,23). The summed E-state index contributed by atoms with van der Waals surface area (Å²) in [6.45, 7) is 0.790. The van der Waals surface area contributed by atoms with E-state index in [0.717, 1.165) is 0 Å². The summed E-state index contributed by atoms with van der Waals surface area (Å²) in [6, 6.07) is 11.8. The average Bonchev–Trinajstić information content (AvgIpc) is 2.59. The van der Waals surface area contributed by atoms with Gasteiger partial charge in [0, 0.05) is 23.7 Å². The van der Waals surface area contributed by atoms with Gasteiger partial charge in [0.1, 0.15) is 0 Å². The molecule has 25 heavy (non-hydrogen) atoms. The van der Waals surface area contributed by atoms with E-state index in [1.807, 2.05) is 0 Å². The van der Waals surface area contributed by atoms with Gasteiger partial charge < -0.3 is 15.4 Å². The van der Waals surface area contributed by atoms with Crippen molar-refractivity contribution in [1.29, 1.82) is 0 Å². The van der Waals surface area contributed by atoms with Gasteiger partial charge in [-0.05, 0) is 29.8 Å². The molecule has 0 atom stereocenters. The van der Waals surface area contributed by atoms with Gasteiger partial charge in [0.25, 0.3) is 5.91 Å². The average molecular weight is 381 g/mol. The van der Waals surface area contributed by atoms with E-state index in [4.69, 9.17) is 27.9 Å². The third-order valence-corrected chi connectivity index (χ3v) is 4.14. The third kappa shape index (κ3) is 5.46. The second kappa shape index (κ2) is 9.42. The second-order valence-corrected chi connectivity index (χ2v) is 6.03. The Labute approximate surface area is 156 Å². The molecule has 0 fully saturated rings. The number of anilines is 1. The van der Waals surface area contributed by atoms with Gasteiger partial charge in [0.05, 0.1) is 24.3 Å². The normalized spacial score (nSPS) is 10.4. The molecular weight excluding hydrogens is 363 g/mol. The maximum atomic E-state index is 12.3. The summed E-state index contributed by atoms with van der Waals surface area (Å²) in [5.41, 5.74) is 1.34. The van der Waals surface area contributed by atoms with E-state index < -0.39 is 0 Å². The minimum absolute atomic E-state index is 0.0120. The number of amides is 2. The van der Waals surface area contributed by atoms with Gasteiger partial charge in [0.2, 0.25) is 5.91 Å². The first-order valence-electron chi connectivity index (χ1n) is 7.62. The van der Waals surface area contributed by atoms with Gasteiger partial charge in [-0.25, -0.2) is 0 Å². The van der Waals surface area contributed by atoms with Crippen molar-refractivity contribution in [2.75, 3.05) is 25.6 Å². The number of methoxy groups -OCH3 is 1. The van der Waals surface area contributed by atoms with Crippen LogP contribution in [-0.2, 0) is 16.0 Å². The summed E-state index contributed by atoms with van der Waals surface area (Å²) in [4.78, 5) is 24.6. The van der Waals surface area contributed by atoms with Crippen molar-refractivity contribution in [2.45, 2.75) is 6.42 Å². The number of hydrogen-bond donors (Lipinski definition) is 2. The lowest BCUT2D eigenvalue weighted by molar-refractivity contribution is -0.115. The van der Waals surface area contributed by atoms with Crippen LogP contribution in [0.1, 0.15) is 15.9 Å². The molecule has 132 valence electrons. The highest BCUT2D eigenvalue weighted by Gasteiger charge is 2.15. The lowest BCUT2D eigenvalue weighted by atomic mass is 10.1. The molecule has 0 bridgehead atoms. The number of carbonyl (C=O) groups is 2. The van der Waals surface area contributed by atoms with Crippen molar-refractivity contribution in [3.05, 3.63) is 63.6 Å². The summed E-state index contributed by atoms with van der Waals surface area (Å²) in [7, 11) is 1.56. The molecule has 0 spiro atoms. The zero-order valence-corrected chi connectivity index (χ0v) is 15.2. The predicted octanol–water partition coefficient (Wildman–Crippen LogP) is 3.55. The molecule has 0 aliphatic carbocycles. The Kier molecular flexibility index (Phi) is 7.25. The quantitative estimate of drug-likeness (QED) is 0.721. The Balaban J connectivity index is 2.09. The van der Waals surface area contributed by atoms with Crippen molar-refractivity contribution < 1.29 is 14.3 Å². The Bertz CT molecular complexity index is 745. The van der Waals surface area contributed by atoms with Crippen molar-refractivity contribution in [1.82, 2.24) is 5.32 Å². The molecular formula is C18H18Cl2N2O3. The Morgan fingerprint density at radius 3 is 2.40 bits per heavy atom. The molecule has 0 aliphatic rings. The first-order valence-corrected chi connectivity index (χ1v) is 8.37. The first kappa shape index (κ1) is 19.2. The highest BCUT2D eigenvalue weighted by Crippen LogP contribution is 2.25. The molecule has 2 aromatic rings. The summed E-state index contributed by atoms with van der Waals surface area (Å²) in [5.74, 6) is -0.601. The molecule has 0 aromatic heterocycles. The lowest BCUT2D eigenvalue weighted by Crippen LogP contribution is -2.28. The number of rotatable bonds is 7. The largest absolute Gasteiger partial charge is 0.383 e. The van der Waals surface area contributed by atoms with Gasteiger partial charge >= 0.3 is 0 Å². The number of nitrogens with one attached hydrogen (secondary N) is 2. The molecule has 0 saturated carbocycles. The van der Waals surface area contributed by atoms with Crippen molar-refractivity contribution >= 4 is 40.7 Å². The van der Waals surface area contributed by atoms with Crippen molar-refractivity contribution in [3.63, 3.8) is 0 Å². The smallest absolute Gasteiger partial charge is 0.253 e. The number of benzene rings is 2. The molecule has 2 N–H and O–H groups in total. The maximum Gasteiger partial charge on any atom is 0.253 e. The predicted molar refractivity (Wildman–Crippen MR) is 99.4 cm³/mol. The number of para-hydroxylation sites is 1. The van der Waals surface area contributed by atoms with E-state index in [0.29, 0.717) is 40.0 Å². The van der Waals surface area contributed by atoms with Crippen molar-refractivity contribution in [3.8, 4) is 0 Å². The van der Waals surface area contributed by atoms with Crippen LogP contribution in [0.25, 0.3) is 0 Å². The van der Waals surface area contributed by atoms with E-state index in [1.165, 1.54) is 0 Å². The third-order valence-electron chi connectivity index (χ3n) is 3.44. The van der Waals surface area contributed by atoms with E-state index in [9.17, 15) is 9.59 Å². The van der Waals surface area contributed by atoms with Crippen LogP contribution in [0.15, 0.2) is 42.5 Å². The summed E-state index contributed by atoms with van der Waals surface area (Å²) >= 11 is 12.2. The fourth-order valence-electron chi connectivity index (χ4n) is 2.21. The fraction of sp³-hybridized carbons (Fsp3) is 0.222. The van der Waals surface area contributed by atoms with Crippen LogP contribution in [0.5, 0.6) is 0 Å². The van der Waals surface area contributed by atoms with Crippen LogP contribution < -0.4 is 10.6 Å². The molecule has 0 heterocycles. The number of halogens is 2. The second-order valence-electron chi connectivity index (χ2n) is 5.22. The molecule has 0 saturated heterocycles. The van der Waals surface area contributed by atoms with Crippen molar-refractivity contribution in [2.24, 2.45) is 0 Å². The van der Waals surface area contributed by atoms with Crippen LogP contribution in [0, 0.1) is 0 Å². The topological polar surface area (TPSA) is 67.4 Å². The van der Waals surface area contributed by atoms with Gasteiger partial charge in [-0.1, -0.05) is 41.4 Å². The Hall–Kier alpha value is -2.08. The van der Waals surface area contributed by atoms with Crippen LogP contribution in [0.4, 0.5) is 5.69 Å². The SMILES string of the molecule is COCCNC(=O)c1ccccc1NC(=O)Cc1c(Cl)cccc1Cl. The molecule has 7 heteroatoms. The number of ether oxygens (including phenoxy) is 1. The summed E-state index contributed by atoms with van der Waals surface area (Å²) in [6.07, 6.45) is 0.0120. The molecule has 2 amide bonds. The minimum atomic E-state index is -0.313. The van der Waals surface area contributed by atoms with Gasteiger partial charge in [-0.3, -0.25) is 9.59 Å². The minimum Gasteiger partial charge on any atom is -0.383 e. The fourth-order valence-corrected chi connectivity index (χ4v) is 2.74. The molecule has 5 nitrogen and oxygen atoms in total.